The van der Waals surface area contributed by atoms with Gasteiger partial charge in [-0.3, -0.25) is 4.72 Å². The summed E-state index contributed by atoms with van der Waals surface area (Å²) in [7, 11) is -3.29. The van der Waals surface area contributed by atoms with Crippen LogP contribution in [-0.2, 0) is 16.6 Å². The number of pyridine rings is 1. The number of halogens is 1. The van der Waals surface area contributed by atoms with Gasteiger partial charge in [-0.2, -0.15) is 0 Å². The lowest BCUT2D eigenvalue weighted by atomic mass is 10.2. The van der Waals surface area contributed by atoms with Gasteiger partial charge in [0.2, 0.25) is 10.0 Å². The number of sulfonamides is 1. The molecule has 5 nitrogen and oxygen atoms in total. The molecule has 0 fully saturated rings. The second-order valence-electron chi connectivity index (χ2n) is 4.42. The van der Waals surface area contributed by atoms with Crippen LogP contribution in [0.5, 0.6) is 0 Å². The Kier molecular flexibility index (Phi) is 5.03. The molecule has 0 amide bonds. The van der Waals surface area contributed by atoms with Crippen molar-refractivity contribution < 1.29 is 8.42 Å². The van der Waals surface area contributed by atoms with Gasteiger partial charge >= 0.3 is 0 Å². The summed E-state index contributed by atoms with van der Waals surface area (Å²) in [5, 5.41) is 3.90. The maximum Gasteiger partial charge on any atom is 0.233 e. The van der Waals surface area contributed by atoms with E-state index in [0.29, 0.717) is 17.4 Å². The first kappa shape index (κ1) is 15.6. The SMILES string of the molecule is CCS(=O)(=O)Nc1ccc(NCc2ccc(Cl)cc2)cn1. The zero-order chi connectivity index (χ0) is 15.3. The Labute approximate surface area is 129 Å². The number of rotatable bonds is 6. The lowest BCUT2D eigenvalue weighted by molar-refractivity contribution is 0.602. The maximum atomic E-state index is 11.4. The number of benzene rings is 1. The van der Waals surface area contributed by atoms with E-state index in [1.165, 1.54) is 0 Å². The van der Waals surface area contributed by atoms with Gasteiger partial charge in [-0.15, -0.1) is 0 Å². The van der Waals surface area contributed by atoms with Crippen LogP contribution in [0, 0.1) is 0 Å². The molecule has 2 N–H and O–H groups in total. The predicted molar refractivity (Wildman–Crippen MR) is 86.1 cm³/mol. The second kappa shape index (κ2) is 6.78. The molecule has 2 aromatic rings. The van der Waals surface area contributed by atoms with Crippen LogP contribution in [0.1, 0.15) is 12.5 Å². The van der Waals surface area contributed by atoms with Crippen molar-refractivity contribution in [2.45, 2.75) is 13.5 Å². The molecule has 0 saturated carbocycles. The van der Waals surface area contributed by atoms with Gasteiger partial charge in [0.15, 0.2) is 0 Å². The average Bonchev–Trinajstić information content (AvgIpc) is 2.48. The van der Waals surface area contributed by atoms with Crippen LogP contribution in [0.4, 0.5) is 11.5 Å². The van der Waals surface area contributed by atoms with E-state index in [1.54, 1.807) is 25.3 Å². The highest BCUT2D eigenvalue weighted by Gasteiger charge is 2.07. The van der Waals surface area contributed by atoms with Crippen molar-refractivity contribution in [2.24, 2.45) is 0 Å². The number of nitrogens with one attached hydrogen (secondary N) is 2. The minimum Gasteiger partial charge on any atom is -0.380 e. The summed E-state index contributed by atoms with van der Waals surface area (Å²) in [4.78, 5) is 4.06. The molecular weight excluding hydrogens is 310 g/mol. The zero-order valence-electron chi connectivity index (χ0n) is 11.5. The fourth-order valence-corrected chi connectivity index (χ4v) is 2.31. The van der Waals surface area contributed by atoms with Gasteiger partial charge < -0.3 is 5.32 Å². The molecule has 0 saturated heterocycles. The van der Waals surface area contributed by atoms with Crippen molar-refractivity contribution in [2.75, 3.05) is 15.8 Å². The van der Waals surface area contributed by atoms with Crippen molar-refractivity contribution in [3.63, 3.8) is 0 Å². The van der Waals surface area contributed by atoms with Gasteiger partial charge in [-0.1, -0.05) is 23.7 Å². The highest BCUT2D eigenvalue weighted by Crippen LogP contribution is 2.14. The smallest absolute Gasteiger partial charge is 0.233 e. The summed E-state index contributed by atoms with van der Waals surface area (Å²) in [6.45, 7) is 2.21. The standard InChI is InChI=1S/C14H16ClN3O2S/c1-2-21(19,20)18-14-8-7-13(10-17-14)16-9-11-3-5-12(15)6-4-11/h3-8,10,16H,2,9H2,1H3,(H,17,18). The summed E-state index contributed by atoms with van der Waals surface area (Å²) in [6.07, 6.45) is 1.59. The first-order valence-electron chi connectivity index (χ1n) is 6.43. The second-order valence-corrected chi connectivity index (χ2v) is 6.87. The summed E-state index contributed by atoms with van der Waals surface area (Å²) in [5.74, 6) is 0.333. The van der Waals surface area contributed by atoms with Crippen molar-refractivity contribution >= 4 is 33.1 Å². The van der Waals surface area contributed by atoms with E-state index in [9.17, 15) is 8.42 Å². The van der Waals surface area contributed by atoms with Gasteiger partial charge in [0.25, 0.3) is 0 Å². The van der Waals surface area contributed by atoms with Crippen LogP contribution < -0.4 is 10.0 Å². The number of aromatic nitrogens is 1. The topological polar surface area (TPSA) is 71.1 Å². The molecule has 0 spiro atoms. The Hall–Kier alpha value is -1.79. The van der Waals surface area contributed by atoms with Gasteiger partial charge in [0.05, 0.1) is 17.6 Å². The predicted octanol–water partition coefficient (Wildman–Crippen LogP) is 3.11. The molecule has 0 radical (unpaired) electrons. The largest absolute Gasteiger partial charge is 0.380 e. The summed E-state index contributed by atoms with van der Waals surface area (Å²) >= 11 is 5.82. The van der Waals surface area contributed by atoms with Crippen LogP contribution in [0.2, 0.25) is 5.02 Å². The highest BCUT2D eigenvalue weighted by molar-refractivity contribution is 7.92. The molecule has 1 aromatic heterocycles. The third-order valence-electron chi connectivity index (χ3n) is 2.81. The minimum absolute atomic E-state index is 0.0191. The molecule has 112 valence electrons. The van der Waals surface area contributed by atoms with Crippen LogP contribution >= 0.6 is 11.6 Å². The highest BCUT2D eigenvalue weighted by atomic mass is 35.5. The molecule has 1 heterocycles. The Morgan fingerprint density at radius 1 is 1.14 bits per heavy atom. The maximum absolute atomic E-state index is 11.4. The Bertz CT molecular complexity index is 685. The molecule has 0 aliphatic heterocycles. The summed E-state index contributed by atoms with van der Waals surface area (Å²) < 4.78 is 25.2. The van der Waals surface area contributed by atoms with Crippen LogP contribution in [0.25, 0.3) is 0 Å². The lowest BCUT2D eigenvalue weighted by Crippen LogP contribution is -2.15. The zero-order valence-corrected chi connectivity index (χ0v) is 13.1. The first-order chi connectivity index (χ1) is 9.98. The Morgan fingerprint density at radius 3 is 2.43 bits per heavy atom. The van der Waals surface area contributed by atoms with E-state index in [2.05, 4.69) is 15.0 Å². The van der Waals surface area contributed by atoms with Crippen molar-refractivity contribution in [3.8, 4) is 0 Å². The quantitative estimate of drug-likeness (QED) is 0.856. The third kappa shape index (κ3) is 4.91. The molecule has 0 aliphatic carbocycles. The van der Waals surface area contributed by atoms with Crippen LogP contribution in [0.15, 0.2) is 42.6 Å². The van der Waals surface area contributed by atoms with Gasteiger partial charge in [-0.05, 0) is 36.8 Å². The van der Waals surface area contributed by atoms with Crippen LogP contribution in [0.3, 0.4) is 0 Å². The van der Waals surface area contributed by atoms with E-state index in [-0.39, 0.29) is 5.75 Å². The number of hydrogen-bond acceptors (Lipinski definition) is 4. The van der Waals surface area contributed by atoms with E-state index in [1.807, 2.05) is 24.3 Å². The van der Waals surface area contributed by atoms with Crippen molar-refractivity contribution in [1.29, 1.82) is 0 Å². The van der Waals surface area contributed by atoms with E-state index >= 15 is 0 Å². The normalized spacial score (nSPS) is 11.1. The summed E-state index contributed by atoms with van der Waals surface area (Å²) in [6, 6.07) is 10.9. The Morgan fingerprint density at radius 2 is 1.86 bits per heavy atom. The molecule has 0 bridgehead atoms. The molecule has 0 unspecified atom stereocenters. The molecule has 21 heavy (non-hydrogen) atoms. The first-order valence-corrected chi connectivity index (χ1v) is 8.46. The molecule has 7 heteroatoms. The van der Waals surface area contributed by atoms with E-state index in [4.69, 9.17) is 11.6 Å². The van der Waals surface area contributed by atoms with Gasteiger partial charge in [0.1, 0.15) is 5.82 Å². The van der Waals surface area contributed by atoms with E-state index < -0.39 is 10.0 Å². The average molecular weight is 326 g/mol. The fraction of sp³-hybridized carbons (Fsp3) is 0.214. The van der Waals surface area contributed by atoms with Gasteiger partial charge in [0, 0.05) is 11.6 Å². The summed E-state index contributed by atoms with van der Waals surface area (Å²) in [5.41, 5.74) is 1.90. The van der Waals surface area contributed by atoms with Crippen LogP contribution in [-0.4, -0.2) is 19.2 Å². The number of hydrogen-bond donors (Lipinski definition) is 2. The molecule has 1 aromatic carbocycles. The number of nitrogens with zero attached hydrogens (tertiary/aromatic N) is 1. The fourth-order valence-electron chi connectivity index (χ4n) is 1.60. The van der Waals surface area contributed by atoms with E-state index in [0.717, 1.165) is 11.3 Å². The molecular formula is C14H16ClN3O2S. The third-order valence-corrected chi connectivity index (χ3v) is 4.35. The minimum atomic E-state index is -3.29. The lowest BCUT2D eigenvalue weighted by Gasteiger charge is -2.08. The molecule has 2 rings (SSSR count). The van der Waals surface area contributed by atoms with Crippen molar-refractivity contribution in [3.05, 3.63) is 53.2 Å². The van der Waals surface area contributed by atoms with Gasteiger partial charge in [-0.25, -0.2) is 13.4 Å². The number of anilines is 2. The monoisotopic (exact) mass is 325 g/mol. The van der Waals surface area contributed by atoms with Crippen molar-refractivity contribution in [1.82, 2.24) is 4.98 Å². The molecule has 0 aliphatic rings. The Balaban J connectivity index is 1.95. The molecule has 0 atom stereocenters.